The van der Waals surface area contributed by atoms with Crippen molar-refractivity contribution >= 4 is 38.2 Å². The Morgan fingerprint density at radius 2 is 1.88 bits per heavy atom. The molecule has 2 rings (SSSR count). The van der Waals surface area contributed by atoms with Crippen LogP contribution in [0.4, 0.5) is 9.93 Å². The summed E-state index contributed by atoms with van der Waals surface area (Å²) in [5, 5.41) is 2.72. The summed E-state index contributed by atoms with van der Waals surface area (Å²) in [6, 6.07) is 5.68. The van der Waals surface area contributed by atoms with Crippen molar-refractivity contribution in [2.75, 3.05) is 18.2 Å². The lowest BCUT2D eigenvalue weighted by Gasteiger charge is -2.01. The molecule has 2 aromatic rings. The SMILES string of the molecule is CCOC(=O)Nc1nc(C)c(C(=O)c2ccc(S(C)(=O)=O)cc2)s1. The van der Waals surface area contributed by atoms with Crippen LogP contribution in [0.1, 0.15) is 27.9 Å². The van der Waals surface area contributed by atoms with E-state index < -0.39 is 15.9 Å². The van der Waals surface area contributed by atoms with Crippen molar-refractivity contribution in [2.24, 2.45) is 0 Å². The normalized spacial score (nSPS) is 11.1. The molecule has 0 aliphatic carbocycles. The summed E-state index contributed by atoms with van der Waals surface area (Å²) in [5.74, 6) is -0.290. The molecule has 0 aliphatic heterocycles. The van der Waals surface area contributed by atoms with E-state index in [1.807, 2.05) is 0 Å². The maximum atomic E-state index is 12.5. The van der Waals surface area contributed by atoms with E-state index in [9.17, 15) is 18.0 Å². The number of ether oxygens (including phenoxy) is 1. The Morgan fingerprint density at radius 1 is 1.25 bits per heavy atom. The number of thiazole rings is 1. The number of carbonyl (C=O) groups excluding carboxylic acids is 2. The van der Waals surface area contributed by atoms with Crippen molar-refractivity contribution in [3.63, 3.8) is 0 Å². The summed E-state index contributed by atoms with van der Waals surface area (Å²) in [7, 11) is -3.32. The second-order valence-corrected chi connectivity index (χ2v) is 7.92. The van der Waals surface area contributed by atoms with E-state index >= 15 is 0 Å². The van der Waals surface area contributed by atoms with Crippen LogP contribution in [0.25, 0.3) is 0 Å². The number of rotatable bonds is 5. The number of aryl methyl sites for hydroxylation is 1. The fourth-order valence-corrected chi connectivity index (χ4v) is 3.44. The van der Waals surface area contributed by atoms with Gasteiger partial charge < -0.3 is 4.74 Å². The predicted octanol–water partition coefficient (Wildman–Crippen LogP) is 2.65. The zero-order valence-corrected chi connectivity index (χ0v) is 15.0. The van der Waals surface area contributed by atoms with Gasteiger partial charge >= 0.3 is 6.09 Å². The highest BCUT2D eigenvalue weighted by Crippen LogP contribution is 2.26. The molecule has 1 heterocycles. The minimum absolute atomic E-state index is 0.143. The quantitative estimate of drug-likeness (QED) is 0.814. The molecule has 7 nitrogen and oxygen atoms in total. The van der Waals surface area contributed by atoms with E-state index in [2.05, 4.69) is 10.3 Å². The second-order valence-electron chi connectivity index (χ2n) is 4.90. The highest BCUT2D eigenvalue weighted by atomic mass is 32.2. The Kier molecular flexibility index (Phi) is 5.35. The van der Waals surface area contributed by atoms with Gasteiger partial charge in [-0.25, -0.2) is 18.2 Å². The number of sulfone groups is 1. The van der Waals surface area contributed by atoms with Gasteiger partial charge in [0.2, 0.25) is 5.78 Å². The Hall–Kier alpha value is -2.26. The van der Waals surface area contributed by atoms with Gasteiger partial charge in [-0.15, -0.1) is 0 Å². The molecule has 0 saturated carbocycles. The van der Waals surface area contributed by atoms with Gasteiger partial charge in [-0.3, -0.25) is 10.1 Å². The Morgan fingerprint density at radius 3 is 2.42 bits per heavy atom. The van der Waals surface area contributed by atoms with E-state index in [0.29, 0.717) is 16.1 Å². The summed E-state index contributed by atoms with van der Waals surface area (Å²) in [6.45, 7) is 3.57. The predicted molar refractivity (Wildman–Crippen MR) is 90.5 cm³/mol. The van der Waals surface area contributed by atoms with Gasteiger partial charge in [0.05, 0.1) is 22.1 Å². The summed E-state index contributed by atoms with van der Waals surface area (Å²) < 4.78 is 27.7. The molecule has 128 valence electrons. The lowest BCUT2D eigenvalue weighted by atomic mass is 10.1. The zero-order chi connectivity index (χ0) is 17.9. The molecule has 0 spiro atoms. The van der Waals surface area contributed by atoms with Crippen LogP contribution in [0, 0.1) is 6.92 Å². The summed E-state index contributed by atoms with van der Waals surface area (Å²) >= 11 is 1.04. The minimum Gasteiger partial charge on any atom is -0.450 e. The fraction of sp³-hybridized carbons (Fsp3) is 0.267. The Balaban J connectivity index is 2.24. The van der Waals surface area contributed by atoms with Gasteiger partial charge in [0, 0.05) is 11.8 Å². The molecule has 1 aromatic carbocycles. The summed E-state index contributed by atoms with van der Waals surface area (Å²) in [5.41, 5.74) is 0.820. The molecule has 0 fully saturated rings. The molecule has 0 atom stereocenters. The first kappa shape index (κ1) is 18.1. The third kappa shape index (κ3) is 4.18. The van der Waals surface area contributed by atoms with Crippen LogP contribution in [-0.4, -0.2) is 38.1 Å². The third-order valence-electron chi connectivity index (χ3n) is 3.03. The summed E-state index contributed by atoms with van der Waals surface area (Å²) in [4.78, 5) is 28.6. The van der Waals surface area contributed by atoms with Crippen molar-refractivity contribution in [3.8, 4) is 0 Å². The minimum atomic E-state index is -3.32. The van der Waals surface area contributed by atoms with Gasteiger partial charge in [-0.05, 0) is 38.1 Å². The molecular weight excluding hydrogens is 352 g/mol. The third-order valence-corrected chi connectivity index (χ3v) is 5.23. The van der Waals surface area contributed by atoms with E-state index in [1.165, 1.54) is 24.3 Å². The number of benzene rings is 1. The number of ketones is 1. The van der Waals surface area contributed by atoms with E-state index in [4.69, 9.17) is 4.74 Å². The molecule has 24 heavy (non-hydrogen) atoms. The van der Waals surface area contributed by atoms with Crippen LogP contribution in [-0.2, 0) is 14.6 Å². The Bertz CT molecular complexity index is 870. The second kappa shape index (κ2) is 7.10. The number of carbonyl (C=O) groups is 2. The van der Waals surface area contributed by atoms with Crippen LogP contribution in [0.5, 0.6) is 0 Å². The van der Waals surface area contributed by atoms with Gasteiger partial charge in [-0.2, -0.15) is 0 Å². The molecule has 0 saturated heterocycles. The van der Waals surface area contributed by atoms with E-state index in [-0.39, 0.29) is 22.4 Å². The highest BCUT2D eigenvalue weighted by molar-refractivity contribution is 7.90. The first-order chi connectivity index (χ1) is 11.2. The molecule has 9 heteroatoms. The van der Waals surface area contributed by atoms with Crippen molar-refractivity contribution in [1.82, 2.24) is 4.98 Å². The topological polar surface area (TPSA) is 102 Å². The van der Waals surface area contributed by atoms with Crippen molar-refractivity contribution < 1.29 is 22.7 Å². The monoisotopic (exact) mass is 368 g/mol. The first-order valence-corrected chi connectivity index (χ1v) is 9.69. The first-order valence-electron chi connectivity index (χ1n) is 6.98. The number of aromatic nitrogens is 1. The van der Waals surface area contributed by atoms with E-state index in [1.54, 1.807) is 13.8 Å². The number of anilines is 1. The molecule has 1 N–H and O–H groups in total. The number of nitrogens with zero attached hydrogens (tertiary/aromatic N) is 1. The summed E-state index contributed by atoms with van der Waals surface area (Å²) in [6.07, 6.45) is 0.465. The van der Waals surface area contributed by atoms with Crippen LogP contribution >= 0.6 is 11.3 Å². The maximum Gasteiger partial charge on any atom is 0.413 e. The lowest BCUT2D eigenvalue weighted by Crippen LogP contribution is -2.12. The molecular formula is C15H16N2O5S2. The lowest BCUT2D eigenvalue weighted by molar-refractivity contribution is 0.104. The van der Waals surface area contributed by atoms with Gasteiger partial charge in [0.15, 0.2) is 15.0 Å². The Labute approximate surface area is 143 Å². The molecule has 1 aromatic heterocycles. The molecule has 0 aliphatic rings. The van der Waals surface area contributed by atoms with Gasteiger partial charge in [-0.1, -0.05) is 11.3 Å². The zero-order valence-electron chi connectivity index (χ0n) is 13.3. The van der Waals surface area contributed by atoms with Crippen LogP contribution < -0.4 is 5.32 Å². The number of amides is 1. The highest BCUT2D eigenvalue weighted by Gasteiger charge is 2.19. The average Bonchev–Trinajstić information content (AvgIpc) is 2.86. The van der Waals surface area contributed by atoms with Crippen molar-refractivity contribution in [1.29, 1.82) is 0 Å². The number of hydrogen-bond acceptors (Lipinski definition) is 7. The molecule has 0 unspecified atom stereocenters. The molecule has 0 radical (unpaired) electrons. The van der Waals surface area contributed by atoms with E-state index in [0.717, 1.165) is 17.6 Å². The molecule has 1 amide bonds. The molecule has 0 bridgehead atoms. The average molecular weight is 368 g/mol. The maximum absolute atomic E-state index is 12.5. The van der Waals surface area contributed by atoms with Gasteiger partial charge in [0.1, 0.15) is 0 Å². The largest absolute Gasteiger partial charge is 0.450 e. The smallest absolute Gasteiger partial charge is 0.413 e. The van der Waals surface area contributed by atoms with Crippen LogP contribution in [0.3, 0.4) is 0 Å². The van der Waals surface area contributed by atoms with Crippen molar-refractivity contribution in [3.05, 3.63) is 40.4 Å². The fourth-order valence-electron chi connectivity index (χ4n) is 1.90. The van der Waals surface area contributed by atoms with Crippen LogP contribution in [0.2, 0.25) is 0 Å². The number of hydrogen-bond donors (Lipinski definition) is 1. The van der Waals surface area contributed by atoms with Gasteiger partial charge in [0.25, 0.3) is 0 Å². The van der Waals surface area contributed by atoms with Crippen molar-refractivity contribution in [2.45, 2.75) is 18.7 Å². The van der Waals surface area contributed by atoms with Crippen LogP contribution in [0.15, 0.2) is 29.2 Å². The number of nitrogens with one attached hydrogen (secondary N) is 1. The standard InChI is InChI=1S/C15H16N2O5S2/c1-4-22-15(19)17-14-16-9(2)13(23-14)12(18)10-5-7-11(8-6-10)24(3,20)21/h5-8H,4H2,1-3H3,(H,16,17,19).